The Hall–Kier alpha value is -2.43. The fourth-order valence-corrected chi connectivity index (χ4v) is 5.14. The van der Waals surface area contributed by atoms with Crippen LogP contribution in [0.4, 0.5) is 14.0 Å². The molecule has 1 unspecified atom stereocenters. The van der Waals surface area contributed by atoms with Crippen molar-refractivity contribution in [1.29, 1.82) is 0 Å². The number of nitrogens with zero attached hydrogens (tertiary/aromatic N) is 1. The summed E-state index contributed by atoms with van der Waals surface area (Å²) in [6, 6.07) is 6.33. The highest BCUT2D eigenvalue weighted by Gasteiger charge is 2.32. The average molecular weight is 509 g/mol. The number of rotatable bonds is 11. The van der Waals surface area contributed by atoms with Gasteiger partial charge in [0.15, 0.2) is 0 Å². The van der Waals surface area contributed by atoms with E-state index in [9.17, 15) is 14.0 Å². The topological polar surface area (TPSA) is 101 Å². The maximum Gasteiger partial charge on any atom is 0.406 e. The Morgan fingerprint density at radius 1 is 1.28 bits per heavy atom. The number of amides is 3. The van der Waals surface area contributed by atoms with Gasteiger partial charge in [-0.25, -0.2) is 14.0 Å². The molecule has 0 radical (unpaired) electrons. The van der Waals surface area contributed by atoms with E-state index in [2.05, 4.69) is 20.7 Å². The van der Waals surface area contributed by atoms with Crippen molar-refractivity contribution in [3.63, 3.8) is 0 Å². The van der Waals surface area contributed by atoms with E-state index in [4.69, 9.17) is 9.47 Å². The molecule has 1 aromatic carbocycles. The third kappa shape index (κ3) is 8.90. The van der Waals surface area contributed by atoms with Crippen molar-refractivity contribution in [2.24, 2.45) is 11.8 Å². The molecule has 9 nitrogen and oxygen atoms in total. The van der Waals surface area contributed by atoms with Gasteiger partial charge in [-0.15, -0.1) is 0 Å². The van der Waals surface area contributed by atoms with Crippen LogP contribution < -0.4 is 16.0 Å². The number of methoxy groups -OCH3 is 1. The highest BCUT2D eigenvalue weighted by Crippen LogP contribution is 2.33. The molecule has 2 aliphatic rings. The van der Waals surface area contributed by atoms with Gasteiger partial charge in [-0.05, 0) is 62.8 Å². The minimum atomic E-state index is -0.530. The summed E-state index contributed by atoms with van der Waals surface area (Å²) in [4.78, 5) is 26.4. The second-order valence-corrected chi connectivity index (χ2v) is 9.64. The largest absolute Gasteiger partial charge is 0.453 e. The van der Waals surface area contributed by atoms with Gasteiger partial charge in [0, 0.05) is 51.4 Å². The fraction of sp³-hybridized carbons (Fsp3) is 0.692. The molecule has 36 heavy (non-hydrogen) atoms. The number of likely N-dealkylation sites (N-methyl/N-ethyl adjacent to an activating group) is 1. The van der Waals surface area contributed by atoms with E-state index in [0.717, 1.165) is 50.9 Å². The minimum Gasteiger partial charge on any atom is -0.453 e. The van der Waals surface area contributed by atoms with Crippen LogP contribution in [-0.4, -0.2) is 83.2 Å². The molecule has 202 valence electrons. The number of likely N-dealkylation sites (tertiary alicyclic amines) is 1. The van der Waals surface area contributed by atoms with Crippen LogP contribution in [0.15, 0.2) is 24.3 Å². The van der Waals surface area contributed by atoms with Crippen molar-refractivity contribution >= 4 is 12.1 Å². The van der Waals surface area contributed by atoms with E-state index in [1.54, 1.807) is 6.07 Å². The zero-order valence-corrected chi connectivity index (χ0v) is 21.5. The summed E-state index contributed by atoms with van der Waals surface area (Å²) in [5.41, 5.74) is 0.727. The molecule has 0 aromatic heterocycles. The molecule has 0 spiro atoms. The van der Waals surface area contributed by atoms with Gasteiger partial charge in [-0.3, -0.25) is 0 Å². The predicted molar refractivity (Wildman–Crippen MR) is 134 cm³/mol. The number of carbonyl (C=O) groups is 2. The zero-order valence-electron chi connectivity index (χ0n) is 21.5. The van der Waals surface area contributed by atoms with Crippen LogP contribution in [0.5, 0.6) is 0 Å². The van der Waals surface area contributed by atoms with Crippen LogP contribution in [0.2, 0.25) is 0 Å². The van der Waals surface area contributed by atoms with Gasteiger partial charge in [0.25, 0.3) is 0 Å². The Morgan fingerprint density at radius 2 is 2.14 bits per heavy atom. The highest BCUT2D eigenvalue weighted by molar-refractivity contribution is 5.74. The van der Waals surface area contributed by atoms with Crippen LogP contribution >= 0.6 is 0 Å². The summed E-state index contributed by atoms with van der Waals surface area (Å²) in [5, 5.41) is 9.01. The van der Waals surface area contributed by atoms with Crippen molar-refractivity contribution < 1.29 is 28.2 Å². The van der Waals surface area contributed by atoms with Crippen LogP contribution in [0.25, 0.3) is 0 Å². The lowest BCUT2D eigenvalue weighted by atomic mass is 9.88. The second kappa shape index (κ2) is 15.0. The Labute approximate surface area is 213 Å². The van der Waals surface area contributed by atoms with Crippen molar-refractivity contribution in [3.05, 3.63) is 35.6 Å². The molecule has 4 atom stereocenters. The first kappa shape index (κ1) is 28.1. The molecular formula is C26H41FN4O5. The monoisotopic (exact) mass is 508 g/mol. The molecular weight excluding hydrogens is 467 g/mol. The molecule has 3 amide bonds. The lowest BCUT2D eigenvalue weighted by molar-refractivity contribution is -0.00889. The first-order valence-corrected chi connectivity index (χ1v) is 13.0. The third-order valence-electron chi connectivity index (χ3n) is 6.86. The third-order valence-corrected chi connectivity index (χ3v) is 6.86. The molecule has 2 heterocycles. The number of urea groups is 1. The van der Waals surface area contributed by atoms with Crippen molar-refractivity contribution in [1.82, 2.24) is 20.9 Å². The quantitative estimate of drug-likeness (QED) is 0.397. The molecule has 2 fully saturated rings. The maximum absolute atomic E-state index is 14.0. The smallest absolute Gasteiger partial charge is 0.406 e. The number of hydrogen-bond donors (Lipinski definition) is 3. The number of benzene rings is 1. The summed E-state index contributed by atoms with van der Waals surface area (Å²) >= 11 is 0. The van der Waals surface area contributed by atoms with Gasteiger partial charge in [-0.2, -0.15) is 0 Å². The van der Waals surface area contributed by atoms with Crippen LogP contribution in [0.3, 0.4) is 0 Å². The number of piperidine rings is 1. The van der Waals surface area contributed by atoms with E-state index in [1.165, 1.54) is 19.2 Å². The predicted octanol–water partition coefficient (Wildman–Crippen LogP) is 3.07. The summed E-state index contributed by atoms with van der Waals surface area (Å²) in [7, 11) is 3.20. The minimum absolute atomic E-state index is 0.000999. The SMILES string of the molecule is CNC[C@H](C[C@@H]1CCCOC1)NC(=O)N1CCC[C@@H](C(OCCNC(=O)OC)c2cccc(F)c2)C1. The van der Waals surface area contributed by atoms with Gasteiger partial charge in [0.2, 0.25) is 0 Å². The van der Waals surface area contributed by atoms with Crippen molar-refractivity contribution in [3.8, 4) is 0 Å². The molecule has 2 aliphatic heterocycles. The van der Waals surface area contributed by atoms with Gasteiger partial charge in [0.1, 0.15) is 5.82 Å². The van der Waals surface area contributed by atoms with Gasteiger partial charge >= 0.3 is 12.1 Å². The molecule has 0 bridgehead atoms. The zero-order chi connectivity index (χ0) is 25.8. The van der Waals surface area contributed by atoms with Gasteiger partial charge in [0.05, 0.1) is 19.8 Å². The van der Waals surface area contributed by atoms with Crippen molar-refractivity contribution in [2.45, 2.75) is 44.2 Å². The van der Waals surface area contributed by atoms with Gasteiger partial charge in [-0.1, -0.05) is 12.1 Å². The molecule has 3 rings (SSSR count). The summed E-state index contributed by atoms with van der Waals surface area (Å²) < 4.78 is 30.4. The summed E-state index contributed by atoms with van der Waals surface area (Å²) in [6.07, 6.45) is 3.83. The Bertz CT molecular complexity index is 823. The average Bonchev–Trinajstić information content (AvgIpc) is 2.89. The van der Waals surface area contributed by atoms with E-state index in [1.807, 2.05) is 18.0 Å². The molecule has 2 saturated heterocycles. The Balaban J connectivity index is 1.62. The number of ether oxygens (including phenoxy) is 3. The Morgan fingerprint density at radius 3 is 2.86 bits per heavy atom. The molecule has 0 saturated carbocycles. The standard InChI is InChI=1S/C26H41FN4O5/c1-28-16-23(14-19-6-5-12-35-18-19)30-25(32)31-11-4-8-21(17-31)24(20-7-3-9-22(27)15-20)36-13-10-29-26(33)34-2/h3,7,9,15,19,21,23-24,28H,4-6,8,10-14,16-18H2,1-2H3,(H,29,33)(H,30,32)/t19-,21+,23-,24?/m0/s1. The lowest BCUT2D eigenvalue weighted by Gasteiger charge is -2.38. The molecule has 0 aliphatic carbocycles. The number of carbonyl (C=O) groups excluding carboxylic acids is 2. The number of hydrogen-bond acceptors (Lipinski definition) is 6. The maximum atomic E-state index is 14.0. The number of nitrogens with one attached hydrogen (secondary N) is 3. The van der Waals surface area contributed by atoms with E-state index < -0.39 is 12.2 Å². The highest BCUT2D eigenvalue weighted by atomic mass is 19.1. The van der Waals surface area contributed by atoms with Gasteiger partial charge < -0.3 is 35.1 Å². The first-order valence-electron chi connectivity index (χ1n) is 13.0. The Kier molecular flexibility index (Phi) is 11.7. The molecule has 1 aromatic rings. The van der Waals surface area contributed by atoms with E-state index >= 15 is 0 Å². The van der Waals surface area contributed by atoms with Crippen LogP contribution in [0.1, 0.15) is 43.8 Å². The second-order valence-electron chi connectivity index (χ2n) is 9.64. The lowest BCUT2D eigenvalue weighted by Crippen LogP contribution is -2.52. The van der Waals surface area contributed by atoms with Crippen LogP contribution in [0, 0.1) is 17.7 Å². The fourth-order valence-electron chi connectivity index (χ4n) is 5.14. The normalized spacial score (nSPS) is 21.9. The number of halogens is 1. The number of alkyl carbamates (subject to hydrolysis) is 1. The summed E-state index contributed by atoms with van der Waals surface area (Å²) in [6.45, 7) is 3.96. The van der Waals surface area contributed by atoms with Crippen molar-refractivity contribution in [2.75, 3.05) is 60.2 Å². The van der Waals surface area contributed by atoms with E-state index in [-0.39, 0.29) is 37.0 Å². The van der Waals surface area contributed by atoms with E-state index in [0.29, 0.717) is 25.6 Å². The van der Waals surface area contributed by atoms with Crippen LogP contribution in [-0.2, 0) is 14.2 Å². The first-order chi connectivity index (χ1) is 17.5. The molecule has 3 N–H and O–H groups in total. The molecule has 10 heteroatoms. The summed E-state index contributed by atoms with van der Waals surface area (Å²) in [5.74, 6) is 0.121.